The first-order chi connectivity index (χ1) is 16.6. The molecule has 0 bridgehead atoms. The largest absolute Gasteiger partial charge is 0.494 e. The van der Waals surface area contributed by atoms with E-state index in [0.717, 1.165) is 11.5 Å². The van der Waals surface area contributed by atoms with Crippen molar-refractivity contribution in [2.75, 3.05) is 30.0 Å². The number of carbonyl (C=O) groups excluding carboxylic acids is 2. The van der Waals surface area contributed by atoms with Gasteiger partial charge in [0.2, 0.25) is 5.91 Å². The number of anilines is 2. The number of rotatable bonds is 10. The average molecular weight is 461 g/mol. The van der Waals surface area contributed by atoms with Gasteiger partial charge in [-0.05, 0) is 49.7 Å². The standard InChI is InChI=1S/C27H28N2O5/c1-20-27(31)29(16-18-33-23-11-6-3-7-12-23)24-15-14-21(19-25(24)34-20)28-26(30)13-8-17-32-22-9-4-2-5-10-22/h2-7,9-12,14-15,19-20H,8,13,16-18H2,1H3,(H,28,30). The summed E-state index contributed by atoms with van der Waals surface area (Å²) in [5, 5.41) is 2.89. The third-order valence-corrected chi connectivity index (χ3v) is 5.34. The molecule has 0 aliphatic carbocycles. The molecule has 176 valence electrons. The van der Waals surface area contributed by atoms with Gasteiger partial charge in [0.1, 0.15) is 23.9 Å². The number of amides is 2. The molecule has 0 radical (unpaired) electrons. The third kappa shape index (κ3) is 6.07. The number of ether oxygens (including phenoxy) is 3. The van der Waals surface area contributed by atoms with Crippen molar-refractivity contribution in [3.8, 4) is 17.2 Å². The molecule has 0 aromatic heterocycles. The maximum absolute atomic E-state index is 12.7. The van der Waals surface area contributed by atoms with Gasteiger partial charge in [-0.15, -0.1) is 0 Å². The van der Waals surface area contributed by atoms with E-state index in [9.17, 15) is 9.59 Å². The summed E-state index contributed by atoms with van der Waals surface area (Å²) in [4.78, 5) is 26.7. The van der Waals surface area contributed by atoms with Crippen LogP contribution in [0.4, 0.5) is 11.4 Å². The second-order valence-corrected chi connectivity index (χ2v) is 7.91. The maximum atomic E-state index is 12.7. The van der Waals surface area contributed by atoms with E-state index in [4.69, 9.17) is 14.2 Å². The molecule has 1 heterocycles. The number of hydrogen-bond acceptors (Lipinski definition) is 5. The van der Waals surface area contributed by atoms with Crippen molar-refractivity contribution in [1.82, 2.24) is 0 Å². The summed E-state index contributed by atoms with van der Waals surface area (Å²) >= 11 is 0. The van der Waals surface area contributed by atoms with Crippen LogP contribution in [-0.2, 0) is 9.59 Å². The molecule has 0 saturated heterocycles. The van der Waals surface area contributed by atoms with E-state index in [0.29, 0.717) is 49.7 Å². The van der Waals surface area contributed by atoms with E-state index >= 15 is 0 Å². The second-order valence-electron chi connectivity index (χ2n) is 7.91. The molecule has 1 aliphatic heterocycles. The number of nitrogens with zero attached hydrogens (tertiary/aromatic N) is 1. The highest BCUT2D eigenvalue weighted by molar-refractivity contribution is 6.00. The molecular formula is C27H28N2O5. The van der Waals surface area contributed by atoms with Crippen molar-refractivity contribution in [3.63, 3.8) is 0 Å². The molecule has 3 aromatic rings. The summed E-state index contributed by atoms with van der Waals surface area (Å²) in [5.74, 6) is 1.86. The third-order valence-electron chi connectivity index (χ3n) is 5.34. The number of carbonyl (C=O) groups is 2. The molecule has 1 N–H and O–H groups in total. The Morgan fingerprint density at radius 3 is 2.26 bits per heavy atom. The van der Waals surface area contributed by atoms with E-state index in [2.05, 4.69) is 5.32 Å². The van der Waals surface area contributed by atoms with E-state index in [1.807, 2.05) is 60.7 Å². The molecule has 7 heteroatoms. The molecule has 0 fully saturated rings. The Kier molecular flexibility index (Phi) is 7.65. The van der Waals surface area contributed by atoms with Crippen LogP contribution in [0.3, 0.4) is 0 Å². The van der Waals surface area contributed by atoms with Gasteiger partial charge >= 0.3 is 0 Å². The molecule has 4 rings (SSSR count). The van der Waals surface area contributed by atoms with Gasteiger partial charge in [0, 0.05) is 18.2 Å². The van der Waals surface area contributed by atoms with Crippen LogP contribution in [0.25, 0.3) is 0 Å². The number of para-hydroxylation sites is 2. The van der Waals surface area contributed by atoms with Gasteiger partial charge < -0.3 is 24.4 Å². The van der Waals surface area contributed by atoms with Gasteiger partial charge in [-0.1, -0.05) is 36.4 Å². The molecular weight excluding hydrogens is 432 g/mol. The van der Waals surface area contributed by atoms with Gasteiger partial charge in [0.05, 0.1) is 18.8 Å². The fourth-order valence-corrected chi connectivity index (χ4v) is 3.65. The Hall–Kier alpha value is -4.00. The number of benzene rings is 3. The summed E-state index contributed by atoms with van der Waals surface area (Å²) in [6, 6.07) is 24.3. The van der Waals surface area contributed by atoms with Gasteiger partial charge in [0.15, 0.2) is 6.10 Å². The summed E-state index contributed by atoms with van der Waals surface area (Å²) in [6.07, 6.45) is 0.316. The van der Waals surface area contributed by atoms with Gasteiger partial charge in [-0.3, -0.25) is 9.59 Å². The van der Waals surface area contributed by atoms with Crippen LogP contribution in [0.1, 0.15) is 19.8 Å². The minimum absolute atomic E-state index is 0.107. The topological polar surface area (TPSA) is 77.1 Å². The average Bonchev–Trinajstić information content (AvgIpc) is 2.85. The first-order valence-corrected chi connectivity index (χ1v) is 11.4. The first-order valence-electron chi connectivity index (χ1n) is 11.4. The zero-order chi connectivity index (χ0) is 23.8. The molecule has 7 nitrogen and oxygen atoms in total. The Morgan fingerprint density at radius 1 is 0.941 bits per heavy atom. The lowest BCUT2D eigenvalue weighted by atomic mass is 10.1. The lowest BCUT2D eigenvalue weighted by molar-refractivity contribution is -0.125. The fraction of sp³-hybridized carbons (Fsp3) is 0.259. The van der Waals surface area contributed by atoms with Gasteiger partial charge in [-0.2, -0.15) is 0 Å². The quantitative estimate of drug-likeness (QED) is 0.445. The van der Waals surface area contributed by atoms with Crippen LogP contribution >= 0.6 is 0 Å². The fourth-order valence-electron chi connectivity index (χ4n) is 3.65. The lowest BCUT2D eigenvalue weighted by Crippen LogP contribution is -2.46. The highest BCUT2D eigenvalue weighted by Gasteiger charge is 2.31. The summed E-state index contributed by atoms with van der Waals surface area (Å²) < 4.78 is 17.2. The monoisotopic (exact) mass is 460 g/mol. The van der Waals surface area contributed by atoms with Crippen LogP contribution in [0.5, 0.6) is 17.2 Å². The molecule has 2 amide bonds. The number of fused-ring (bicyclic) bond motifs is 1. The van der Waals surface area contributed by atoms with E-state index < -0.39 is 6.10 Å². The predicted octanol–water partition coefficient (Wildman–Crippen LogP) is 4.68. The van der Waals surface area contributed by atoms with Crippen molar-refractivity contribution in [3.05, 3.63) is 78.9 Å². The zero-order valence-corrected chi connectivity index (χ0v) is 19.1. The second kappa shape index (κ2) is 11.2. The van der Waals surface area contributed by atoms with Crippen LogP contribution in [0.2, 0.25) is 0 Å². The predicted molar refractivity (Wildman–Crippen MR) is 131 cm³/mol. The summed E-state index contributed by atoms with van der Waals surface area (Å²) in [6.45, 7) is 2.92. The molecule has 0 spiro atoms. The SMILES string of the molecule is CC1Oc2cc(NC(=O)CCCOc3ccccc3)ccc2N(CCOc2ccccc2)C1=O. The molecule has 1 unspecified atom stereocenters. The van der Waals surface area contributed by atoms with E-state index in [1.165, 1.54) is 0 Å². The minimum atomic E-state index is -0.620. The van der Waals surface area contributed by atoms with Crippen molar-refractivity contribution in [2.24, 2.45) is 0 Å². The lowest BCUT2D eigenvalue weighted by Gasteiger charge is -2.33. The van der Waals surface area contributed by atoms with E-state index in [-0.39, 0.29) is 11.8 Å². The molecule has 1 atom stereocenters. The summed E-state index contributed by atoms with van der Waals surface area (Å²) in [5.41, 5.74) is 1.28. The van der Waals surface area contributed by atoms with E-state index in [1.54, 1.807) is 30.0 Å². The van der Waals surface area contributed by atoms with Crippen LogP contribution in [0, 0.1) is 0 Å². The van der Waals surface area contributed by atoms with Crippen LogP contribution in [-0.4, -0.2) is 37.7 Å². The van der Waals surface area contributed by atoms with Crippen molar-refractivity contribution < 1.29 is 23.8 Å². The van der Waals surface area contributed by atoms with Crippen molar-refractivity contribution in [1.29, 1.82) is 0 Å². The summed E-state index contributed by atoms with van der Waals surface area (Å²) in [7, 11) is 0. The van der Waals surface area contributed by atoms with Crippen molar-refractivity contribution in [2.45, 2.75) is 25.9 Å². The molecule has 1 aliphatic rings. The maximum Gasteiger partial charge on any atom is 0.267 e. The number of nitrogens with one attached hydrogen (secondary N) is 1. The Balaban J connectivity index is 1.31. The Morgan fingerprint density at radius 2 is 1.59 bits per heavy atom. The number of hydrogen-bond donors (Lipinski definition) is 1. The van der Waals surface area contributed by atoms with Crippen LogP contribution in [0.15, 0.2) is 78.9 Å². The molecule has 34 heavy (non-hydrogen) atoms. The normalized spacial score (nSPS) is 14.7. The molecule has 3 aromatic carbocycles. The Bertz CT molecular complexity index is 1100. The highest BCUT2D eigenvalue weighted by atomic mass is 16.5. The van der Waals surface area contributed by atoms with Crippen molar-refractivity contribution >= 4 is 23.2 Å². The molecule has 0 saturated carbocycles. The van der Waals surface area contributed by atoms with Crippen LogP contribution < -0.4 is 24.4 Å². The smallest absolute Gasteiger partial charge is 0.267 e. The Labute approximate surface area is 199 Å². The van der Waals surface area contributed by atoms with Gasteiger partial charge in [-0.25, -0.2) is 0 Å². The first kappa shape index (κ1) is 23.2. The minimum Gasteiger partial charge on any atom is -0.494 e. The zero-order valence-electron chi connectivity index (χ0n) is 19.1. The van der Waals surface area contributed by atoms with Gasteiger partial charge in [0.25, 0.3) is 5.91 Å². The highest BCUT2D eigenvalue weighted by Crippen LogP contribution is 2.36.